The fraction of sp³-hybridized carbons (Fsp3) is 0.400. The molecule has 1 aliphatic heterocycles. The Balaban J connectivity index is 2.00. The molecule has 1 aromatic rings. The smallest absolute Gasteiger partial charge is 0.0406 e. The molecule has 0 aliphatic carbocycles. The second kappa shape index (κ2) is 3.19. The monoisotopic (exact) mass is 213 g/mol. The van der Waals surface area contributed by atoms with Crippen molar-refractivity contribution in [3.63, 3.8) is 0 Å². The highest BCUT2D eigenvalue weighted by atomic mass is 35.5. The molecule has 0 bridgehead atoms. The second-order valence-corrected chi connectivity index (χ2v) is 5.43. The maximum absolute atomic E-state index is 5.80. The van der Waals surface area contributed by atoms with Gasteiger partial charge in [0.25, 0.3) is 0 Å². The number of rotatable bonds is 2. The van der Waals surface area contributed by atoms with E-state index in [1.54, 1.807) is 11.9 Å². The van der Waals surface area contributed by atoms with Gasteiger partial charge in [0.05, 0.1) is 0 Å². The van der Waals surface area contributed by atoms with E-state index < -0.39 is 0 Å². The van der Waals surface area contributed by atoms with E-state index >= 15 is 0 Å². The number of hydrogen-bond acceptors (Lipinski definition) is 2. The zero-order valence-electron chi connectivity index (χ0n) is 7.75. The van der Waals surface area contributed by atoms with E-state index in [-0.39, 0.29) is 0 Å². The Morgan fingerprint density at radius 2 is 1.85 bits per heavy atom. The highest BCUT2D eigenvalue weighted by Crippen LogP contribution is 2.41. The summed E-state index contributed by atoms with van der Waals surface area (Å²) in [5, 5.41) is 0.800. The first-order valence-corrected chi connectivity index (χ1v) is 5.44. The van der Waals surface area contributed by atoms with Crippen LogP contribution in [0.3, 0.4) is 0 Å². The third-order valence-corrected chi connectivity index (χ3v) is 3.71. The predicted octanol–water partition coefficient (Wildman–Crippen LogP) is 3.44. The number of halogens is 1. The summed E-state index contributed by atoms with van der Waals surface area (Å²) < 4.78 is 2.36. The first-order chi connectivity index (χ1) is 6.08. The molecule has 1 heterocycles. The Hall–Kier alpha value is -0.180. The minimum atomic E-state index is 0.379. The van der Waals surface area contributed by atoms with Gasteiger partial charge in [0.2, 0.25) is 0 Å². The Kier molecular flexibility index (Phi) is 2.30. The molecule has 0 saturated carbocycles. The molecule has 0 spiro atoms. The van der Waals surface area contributed by atoms with Gasteiger partial charge in [0, 0.05) is 22.0 Å². The van der Waals surface area contributed by atoms with Crippen molar-refractivity contribution in [2.24, 2.45) is 0 Å². The average molecular weight is 214 g/mol. The van der Waals surface area contributed by atoms with Gasteiger partial charge in [-0.2, -0.15) is 0 Å². The lowest BCUT2D eigenvalue weighted by molar-refractivity contribution is 0.663. The normalized spacial score (nSPS) is 24.4. The minimum Gasteiger partial charge on any atom is -0.238 e. The summed E-state index contributed by atoms with van der Waals surface area (Å²) in [5.74, 6) is 0. The molecule has 0 amide bonds. The van der Waals surface area contributed by atoms with Crippen LogP contribution in [0.4, 0.5) is 0 Å². The first-order valence-electron chi connectivity index (χ1n) is 4.29. The second-order valence-electron chi connectivity index (χ2n) is 3.89. The van der Waals surface area contributed by atoms with Gasteiger partial charge in [-0.15, -0.1) is 0 Å². The molecule has 1 unspecified atom stereocenters. The van der Waals surface area contributed by atoms with Crippen molar-refractivity contribution in [1.82, 2.24) is 4.31 Å². The van der Waals surface area contributed by atoms with E-state index in [0.29, 0.717) is 5.54 Å². The summed E-state index contributed by atoms with van der Waals surface area (Å²) in [5.41, 5.74) is 0.379. The summed E-state index contributed by atoms with van der Waals surface area (Å²) in [6.07, 6.45) is 0. The molecule has 0 aromatic heterocycles. The molecule has 13 heavy (non-hydrogen) atoms. The molecule has 3 heteroatoms. The summed E-state index contributed by atoms with van der Waals surface area (Å²) in [6.45, 7) is 5.66. The standard InChI is InChI=1S/C10H12ClNS/c1-10(2)7-12(10)13-9-5-3-8(11)4-6-9/h3-6H,7H2,1-2H3. The maximum Gasteiger partial charge on any atom is 0.0406 e. The highest BCUT2D eigenvalue weighted by molar-refractivity contribution is 7.97. The molecule has 1 aromatic carbocycles. The fourth-order valence-electron chi connectivity index (χ4n) is 1.09. The first kappa shape index (κ1) is 9.38. The lowest BCUT2D eigenvalue weighted by Crippen LogP contribution is -2.01. The van der Waals surface area contributed by atoms with Gasteiger partial charge >= 0.3 is 0 Å². The van der Waals surface area contributed by atoms with Crippen molar-refractivity contribution < 1.29 is 0 Å². The SMILES string of the molecule is CC1(C)CN1Sc1ccc(Cl)cc1. The molecule has 1 nitrogen and oxygen atoms in total. The van der Waals surface area contributed by atoms with Crippen LogP contribution in [-0.4, -0.2) is 16.4 Å². The summed E-state index contributed by atoms with van der Waals surface area (Å²) in [6, 6.07) is 7.98. The van der Waals surface area contributed by atoms with E-state index in [2.05, 4.69) is 30.3 Å². The lowest BCUT2D eigenvalue weighted by atomic mass is 10.2. The molecule has 0 radical (unpaired) electrons. The van der Waals surface area contributed by atoms with Crippen molar-refractivity contribution in [2.45, 2.75) is 24.3 Å². The van der Waals surface area contributed by atoms with E-state index in [1.165, 1.54) is 11.4 Å². The highest BCUT2D eigenvalue weighted by Gasteiger charge is 2.43. The van der Waals surface area contributed by atoms with Gasteiger partial charge in [-0.25, -0.2) is 4.31 Å². The van der Waals surface area contributed by atoms with Crippen molar-refractivity contribution in [1.29, 1.82) is 0 Å². The van der Waals surface area contributed by atoms with Crippen molar-refractivity contribution in [3.05, 3.63) is 29.3 Å². The van der Waals surface area contributed by atoms with Gasteiger partial charge in [0.15, 0.2) is 0 Å². The minimum absolute atomic E-state index is 0.379. The number of hydrogen-bond donors (Lipinski definition) is 0. The average Bonchev–Trinajstić information content (AvgIpc) is 2.64. The largest absolute Gasteiger partial charge is 0.238 e. The van der Waals surface area contributed by atoms with E-state index in [0.717, 1.165) is 5.02 Å². The molecule has 70 valence electrons. The van der Waals surface area contributed by atoms with Crippen LogP contribution in [0.15, 0.2) is 29.2 Å². The Bertz CT molecular complexity index is 307. The van der Waals surface area contributed by atoms with Crippen LogP contribution in [0.2, 0.25) is 5.02 Å². The van der Waals surface area contributed by atoms with Crippen LogP contribution in [-0.2, 0) is 0 Å². The van der Waals surface area contributed by atoms with Gasteiger partial charge < -0.3 is 0 Å². The number of nitrogens with zero attached hydrogens (tertiary/aromatic N) is 1. The van der Waals surface area contributed by atoms with Gasteiger partial charge in [-0.05, 0) is 50.1 Å². The Labute approximate surface area is 88.2 Å². The van der Waals surface area contributed by atoms with Crippen molar-refractivity contribution in [2.75, 3.05) is 6.54 Å². The van der Waals surface area contributed by atoms with Crippen molar-refractivity contribution in [3.8, 4) is 0 Å². The third kappa shape index (κ3) is 2.19. The summed E-state index contributed by atoms with van der Waals surface area (Å²) >= 11 is 7.60. The van der Waals surface area contributed by atoms with Crippen molar-refractivity contribution >= 4 is 23.5 Å². The molecule has 2 rings (SSSR count). The van der Waals surface area contributed by atoms with Crippen LogP contribution in [0.25, 0.3) is 0 Å². The van der Waals surface area contributed by atoms with Gasteiger partial charge in [-0.1, -0.05) is 11.6 Å². The van der Waals surface area contributed by atoms with Crippen LogP contribution >= 0.6 is 23.5 Å². The molecule has 0 N–H and O–H groups in total. The van der Waals surface area contributed by atoms with Crippen LogP contribution < -0.4 is 0 Å². The molecule has 1 aliphatic rings. The molecular formula is C10H12ClNS. The number of benzene rings is 1. The maximum atomic E-state index is 5.80. The fourth-order valence-corrected chi connectivity index (χ4v) is 2.36. The van der Waals surface area contributed by atoms with Crippen LogP contribution in [0, 0.1) is 0 Å². The Morgan fingerprint density at radius 1 is 1.31 bits per heavy atom. The van der Waals surface area contributed by atoms with Gasteiger partial charge in [0.1, 0.15) is 0 Å². The van der Waals surface area contributed by atoms with E-state index in [9.17, 15) is 0 Å². The zero-order valence-corrected chi connectivity index (χ0v) is 9.32. The molecule has 1 saturated heterocycles. The van der Waals surface area contributed by atoms with E-state index in [4.69, 9.17) is 11.6 Å². The Morgan fingerprint density at radius 3 is 2.31 bits per heavy atom. The summed E-state index contributed by atoms with van der Waals surface area (Å²) in [7, 11) is 0. The lowest BCUT2D eigenvalue weighted by Gasteiger charge is -2.05. The van der Waals surface area contributed by atoms with Gasteiger partial charge in [-0.3, -0.25) is 0 Å². The topological polar surface area (TPSA) is 3.01 Å². The van der Waals surface area contributed by atoms with E-state index in [1.807, 2.05) is 12.1 Å². The third-order valence-electron chi connectivity index (χ3n) is 2.13. The predicted molar refractivity (Wildman–Crippen MR) is 58.1 cm³/mol. The summed E-state index contributed by atoms with van der Waals surface area (Å²) in [4.78, 5) is 1.26. The molecule has 1 fully saturated rings. The molecular weight excluding hydrogens is 202 g/mol. The molecule has 1 atom stereocenters. The zero-order chi connectivity index (χ0) is 9.47. The van der Waals surface area contributed by atoms with Crippen LogP contribution in [0.5, 0.6) is 0 Å². The van der Waals surface area contributed by atoms with Crippen LogP contribution in [0.1, 0.15) is 13.8 Å². The quantitative estimate of drug-likeness (QED) is 0.547.